The second-order valence-corrected chi connectivity index (χ2v) is 9.06. The van der Waals surface area contributed by atoms with Crippen molar-refractivity contribution in [1.82, 2.24) is 40.2 Å². The number of nitrogens with two attached hydrogens (primary N) is 1. The lowest BCUT2D eigenvalue weighted by Gasteiger charge is -2.34. The molecule has 1 aliphatic carbocycles. The first-order chi connectivity index (χ1) is 17.1. The predicted molar refractivity (Wildman–Crippen MR) is 131 cm³/mol. The Labute approximate surface area is 202 Å². The van der Waals surface area contributed by atoms with E-state index in [4.69, 9.17) is 15.2 Å². The molecule has 4 N–H and O–H groups in total. The van der Waals surface area contributed by atoms with Gasteiger partial charge in [0, 0.05) is 61.8 Å². The SMILES string of the molecule is CN1CCN(c2nc(NCc3cc(-c4cncnc4)no3)nc(N)c2-c2cc(C3CC3)[nH]n2)CC1. The van der Waals surface area contributed by atoms with Gasteiger partial charge in [0.1, 0.15) is 23.7 Å². The topological polar surface area (TPSA) is 151 Å². The van der Waals surface area contributed by atoms with Gasteiger partial charge in [-0.1, -0.05) is 5.16 Å². The Balaban J connectivity index is 1.27. The van der Waals surface area contributed by atoms with E-state index < -0.39 is 0 Å². The number of rotatable bonds is 7. The van der Waals surface area contributed by atoms with Gasteiger partial charge in [-0.15, -0.1) is 0 Å². The van der Waals surface area contributed by atoms with Gasteiger partial charge in [-0.25, -0.2) is 9.97 Å². The van der Waals surface area contributed by atoms with Crippen molar-refractivity contribution in [1.29, 1.82) is 0 Å². The molecule has 4 aromatic rings. The Kier molecular flexibility index (Phi) is 5.49. The molecule has 12 nitrogen and oxygen atoms in total. The molecule has 2 fully saturated rings. The minimum atomic E-state index is 0.357. The second kappa shape index (κ2) is 8.95. The molecule has 0 unspecified atom stereocenters. The van der Waals surface area contributed by atoms with Gasteiger partial charge in [-0.3, -0.25) is 5.10 Å². The van der Waals surface area contributed by atoms with Crippen LogP contribution >= 0.6 is 0 Å². The van der Waals surface area contributed by atoms with E-state index in [0.717, 1.165) is 54.5 Å². The van der Waals surface area contributed by atoms with Gasteiger partial charge in [-0.2, -0.15) is 15.1 Å². The molecule has 0 spiro atoms. The van der Waals surface area contributed by atoms with Crippen LogP contribution in [0.3, 0.4) is 0 Å². The molecule has 1 saturated carbocycles. The number of hydrogen-bond acceptors (Lipinski definition) is 11. The number of likely N-dealkylation sites (N-methyl/N-ethyl adjacent to an activating group) is 1. The lowest BCUT2D eigenvalue weighted by molar-refractivity contribution is 0.312. The van der Waals surface area contributed by atoms with Crippen molar-refractivity contribution in [3.63, 3.8) is 0 Å². The first kappa shape index (κ1) is 21.5. The molecule has 1 saturated heterocycles. The zero-order valence-electron chi connectivity index (χ0n) is 19.5. The summed E-state index contributed by atoms with van der Waals surface area (Å²) in [5.74, 6) is 2.82. The molecule has 0 amide bonds. The predicted octanol–water partition coefficient (Wildman–Crippen LogP) is 2.14. The van der Waals surface area contributed by atoms with E-state index in [9.17, 15) is 0 Å². The highest BCUT2D eigenvalue weighted by molar-refractivity contribution is 5.83. The van der Waals surface area contributed by atoms with Crippen molar-refractivity contribution in [2.45, 2.75) is 25.3 Å². The number of nitrogens with zero attached hydrogens (tertiary/aromatic N) is 8. The van der Waals surface area contributed by atoms with E-state index in [1.807, 2.05) is 6.07 Å². The fourth-order valence-corrected chi connectivity index (χ4v) is 4.24. The van der Waals surface area contributed by atoms with Crippen LogP contribution in [0.15, 0.2) is 35.4 Å². The molecule has 6 rings (SSSR count). The molecule has 0 aromatic carbocycles. The molecule has 180 valence electrons. The molecule has 0 bridgehead atoms. The molecule has 1 aliphatic heterocycles. The van der Waals surface area contributed by atoms with Crippen molar-refractivity contribution in [3.8, 4) is 22.5 Å². The number of H-pyrrole nitrogens is 1. The summed E-state index contributed by atoms with van der Waals surface area (Å²) in [5, 5.41) is 15.1. The van der Waals surface area contributed by atoms with Gasteiger partial charge in [0.2, 0.25) is 5.95 Å². The lowest BCUT2D eigenvalue weighted by atomic mass is 10.1. The third-order valence-electron chi connectivity index (χ3n) is 6.43. The Bertz CT molecular complexity index is 1310. The maximum atomic E-state index is 6.51. The maximum absolute atomic E-state index is 6.51. The fourth-order valence-electron chi connectivity index (χ4n) is 4.24. The van der Waals surface area contributed by atoms with Crippen LogP contribution in [-0.4, -0.2) is 73.4 Å². The Morgan fingerprint density at radius 1 is 1.09 bits per heavy atom. The molecule has 12 heteroatoms. The highest BCUT2D eigenvalue weighted by Gasteiger charge is 2.28. The summed E-state index contributed by atoms with van der Waals surface area (Å²) in [6, 6.07) is 3.93. The standard InChI is InChI=1S/C23H27N11O/c1-33-4-6-34(7-5-33)22-20(19-9-17(30-31-19)14-2-3-14)21(24)28-23(29-22)27-12-16-8-18(32-35-16)15-10-25-13-26-11-15/h8-11,13-14H,2-7,12H2,1H3,(H,30,31)(H3,24,27,28,29). The Hall–Kier alpha value is -4.06. The van der Waals surface area contributed by atoms with Crippen LogP contribution in [0.25, 0.3) is 22.5 Å². The summed E-state index contributed by atoms with van der Waals surface area (Å²) in [6.45, 7) is 3.96. The number of nitrogens with one attached hydrogen (secondary N) is 2. The van der Waals surface area contributed by atoms with Gasteiger partial charge in [0.05, 0.1) is 17.8 Å². The molecular formula is C23H27N11O. The highest BCUT2D eigenvalue weighted by Crippen LogP contribution is 2.41. The van der Waals surface area contributed by atoms with Crippen molar-refractivity contribution in [2.24, 2.45) is 0 Å². The van der Waals surface area contributed by atoms with Crippen LogP contribution in [-0.2, 0) is 6.54 Å². The van der Waals surface area contributed by atoms with Crippen molar-refractivity contribution in [3.05, 3.63) is 42.3 Å². The van der Waals surface area contributed by atoms with E-state index in [0.29, 0.717) is 35.7 Å². The minimum Gasteiger partial charge on any atom is -0.383 e. The number of nitrogen functional groups attached to an aromatic ring is 1. The van der Waals surface area contributed by atoms with Gasteiger partial charge in [0.25, 0.3) is 0 Å². The van der Waals surface area contributed by atoms with Crippen LogP contribution in [0, 0.1) is 0 Å². The first-order valence-electron chi connectivity index (χ1n) is 11.8. The highest BCUT2D eigenvalue weighted by atomic mass is 16.5. The molecular weight excluding hydrogens is 446 g/mol. The average Bonchev–Trinajstić information content (AvgIpc) is 3.42. The van der Waals surface area contributed by atoms with Crippen LogP contribution in [0.5, 0.6) is 0 Å². The Morgan fingerprint density at radius 2 is 1.89 bits per heavy atom. The summed E-state index contributed by atoms with van der Waals surface area (Å²) in [7, 11) is 2.13. The number of aromatic amines is 1. The van der Waals surface area contributed by atoms with Crippen molar-refractivity contribution < 1.29 is 4.52 Å². The van der Waals surface area contributed by atoms with Crippen molar-refractivity contribution in [2.75, 3.05) is 49.2 Å². The molecule has 0 radical (unpaired) electrons. The smallest absolute Gasteiger partial charge is 0.227 e. The van der Waals surface area contributed by atoms with Crippen LogP contribution < -0.4 is 16.0 Å². The quantitative estimate of drug-likeness (QED) is 0.362. The number of anilines is 3. The average molecular weight is 474 g/mol. The summed E-state index contributed by atoms with van der Waals surface area (Å²) in [5.41, 5.74) is 10.7. The second-order valence-electron chi connectivity index (χ2n) is 9.06. The van der Waals surface area contributed by atoms with Gasteiger partial charge in [0.15, 0.2) is 5.76 Å². The minimum absolute atomic E-state index is 0.357. The van der Waals surface area contributed by atoms with Gasteiger partial charge >= 0.3 is 0 Å². The normalized spacial score (nSPS) is 16.5. The van der Waals surface area contributed by atoms with Gasteiger partial charge in [-0.05, 0) is 26.0 Å². The third kappa shape index (κ3) is 4.52. The van der Waals surface area contributed by atoms with E-state index in [-0.39, 0.29) is 0 Å². The molecule has 5 heterocycles. The van der Waals surface area contributed by atoms with E-state index in [1.165, 1.54) is 19.2 Å². The first-order valence-corrected chi connectivity index (χ1v) is 11.8. The molecule has 0 atom stereocenters. The Morgan fingerprint density at radius 3 is 2.66 bits per heavy atom. The summed E-state index contributed by atoms with van der Waals surface area (Å²) in [4.78, 5) is 22.0. The summed E-state index contributed by atoms with van der Waals surface area (Å²) in [6.07, 6.45) is 7.25. The lowest BCUT2D eigenvalue weighted by Crippen LogP contribution is -2.45. The monoisotopic (exact) mass is 473 g/mol. The largest absolute Gasteiger partial charge is 0.383 e. The van der Waals surface area contributed by atoms with E-state index >= 15 is 0 Å². The number of hydrogen-bond donors (Lipinski definition) is 3. The zero-order valence-corrected chi connectivity index (χ0v) is 19.5. The zero-order chi connectivity index (χ0) is 23.8. The van der Waals surface area contributed by atoms with Crippen molar-refractivity contribution >= 4 is 17.6 Å². The maximum Gasteiger partial charge on any atom is 0.227 e. The fraction of sp³-hybridized carbons (Fsp3) is 0.391. The van der Waals surface area contributed by atoms with Gasteiger partial charge < -0.3 is 25.4 Å². The number of aromatic nitrogens is 7. The van der Waals surface area contributed by atoms with Crippen LogP contribution in [0.4, 0.5) is 17.6 Å². The van der Waals surface area contributed by atoms with Crippen LogP contribution in [0.2, 0.25) is 0 Å². The number of piperazine rings is 1. The van der Waals surface area contributed by atoms with E-state index in [1.54, 1.807) is 12.4 Å². The third-order valence-corrected chi connectivity index (χ3v) is 6.43. The summed E-state index contributed by atoms with van der Waals surface area (Å²) < 4.78 is 5.47. The molecule has 2 aliphatic rings. The summed E-state index contributed by atoms with van der Waals surface area (Å²) >= 11 is 0. The van der Waals surface area contributed by atoms with E-state index in [2.05, 4.69) is 58.5 Å². The van der Waals surface area contributed by atoms with Crippen LogP contribution in [0.1, 0.15) is 30.2 Å². The molecule has 4 aromatic heterocycles. The molecule has 35 heavy (non-hydrogen) atoms.